The van der Waals surface area contributed by atoms with Gasteiger partial charge in [-0.3, -0.25) is 4.79 Å². The number of carbonyl (C=O) groups is 3. The number of hydrogen-bond acceptors (Lipinski definition) is 6. The van der Waals surface area contributed by atoms with Crippen molar-refractivity contribution in [2.75, 3.05) is 6.61 Å². The number of allylic oxidation sites excluding steroid dienone is 1. The lowest BCUT2D eigenvalue weighted by Crippen LogP contribution is -2.21. The van der Waals surface area contributed by atoms with Crippen molar-refractivity contribution >= 4 is 23.8 Å². The third kappa shape index (κ3) is 4.12. The summed E-state index contributed by atoms with van der Waals surface area (Å²) in [6.07, 6.45) is 1.33. The summed E-state index contributed by atoms with van der Waals surface area (Å²) in [5.41, 5.74) is 1.38. The van der Waals surface area contributed by atoms with Crippen molar-refractivity contribution in [2.45, 2.75) is 20.8 Å². The first-order valence-corrected chi connectivity index (χ1v) is 8.14. The lowest BCUT2D eigenvalue weighted by Gasteiger charge is -2.06. The SMILES string of the molecule is CCOC(=O)c1c(C)[nH]c(C)c1C(=O)/C(C#N)=C/c1ccc(C(=O)[O-])cc1. The minimum Gasteiger partial charge on any atom is -0.545 e. The molecule has 0 spiro atoms. The van der Waals surface area contributed by atoms with Gasteiger partial charge in [0.15, 0.2) is 0 Å². The van der Waals surface area contributed by atoms with Crippen LogP contribution in [0.15, 0.2) is 29.8 Å². The quantitative estimate of drug-likeness (QED) is 0.361. The van der Waals surface area contributed by atoms with Gasteiger partial charge in [-0.2, -0.15) is 5.26 Å². The van der Waals surface area contributed by atoms with E-state index in [1.165, 1.54) is 30.3 Å². The van der Waals surface area contributed by atoms with Crippen LogP contribution in [0, 0.1) is 25.2 Å². The molecule has 0 aliphatic rings. The summed E-state index contributed by atoms with van der Waals surface area (Å²) in [7, 11) is 0. The molecule has 0 amide bonds. The molecule has 2 rings (SSSR count). The standard InChI is InChI=1S/C20H18N2O5/c1-4-27-20(26)17-12(3)22-11(2)16(17)18(23)15(10-21)9-13-5-7-14(8-6-13)19(24)25/h5-9,22H,4H2,1-3H3,(H,24,25)/p-1/b15-9+. The average Bonchev–Trinajstić information content (AvgIpc) is 2.93. The van der Waals surface area contributed by atoms with E-state index in [0.717, 1.165) is 0 Å². The van der Waals surface area contributed by atoms with Gasteiger partial charge >= 0.3 is 5.97 Å². The monoisotopic (exact) mass is 365 g/mol. The number of ketones is 1. The first-order valence-electron chi connectivity index (χ1n) is 8.14. The van der Waals surface area contributed by atoms with Crippen molar-refractivity contribution in [3.63, 3.8) is 0 Å². The molecule has 2 aromatic rings. The number of carbonyl (C=O) groups excluding carboxylic acids is 3. The van der Waals surface area contributed by atoms with Gasteiger partial charge in [0.25, 0.3) is 0 Å². The van der Waals surface area contributed by atoms with Gasteiger partial charge < -0.3 is 19.6 Å². The zero-order chi connectivity index (χ0) is 20.1. The summed E-state index contributed by atoms with van der Waals surface area (Å²) >= 11 is 0. The van der Waals surface area contributed by atoms with Crippen molar-refractivity contribution in [1.82, 2.24) is 4.98 Å². The number of esters is 1. The second-order valence-corrected chi connectivity index (χ2v) is 5.75. The normalized spacial score (nSPS) is 11.0. The molecule has 1 aromatic carbocycles. The fraction of sp³-hybridized carbons (Fsp3) is 0.200. The van der Waals surface area contributed by atoms with E-state index in [2.05, 4.69) is 4.98 Å². The Balaban J connectivity index is 2.47. The summed E-state index contributed by atoms with van der Waals surface area (Å²) in [5.74, 6) is -2.58. The van der Waals surface area contributed by atoms with Crippen LogP contribution in [0.2, 0.25) is 0 Å². The topological polar surface area (TPSA) is 123 Å². The molecule has 27 heavy (non-hydrogen) atoms. The van der Waals surface area contributed by atoms with Gasteiger partial charge in [-0.25, -0.2) is 4.79 Å². The second-order valence-electron chi connectivity index (χ2n) is 5.75. The Bertz CT molecular complexity index is 975. The fourth-order valence-corrected chi connectivity index (χ4v) is 2.69. The highest BCUT2D eigenvalue weighted by Crippen LogP contribution is 2.23. The van der Waals surface area contributed by atoms with Gasteiger partial charge in [-0.1, -0.05) is 24.3 Å². The molecule has 7 nitrogen and oxygen atoms in total. The van der Waals surface area contributed by atoms with Crippen LogP contribution in [0.5, 0.6) is 0 Å². The molecule has 0 saturated heterocycles. The average molecular weight is 365 g/mol. The Morgan fingerprint density at radius 2 is 1.74 bits per heavy atom. The van der Waals surface area contributed by atoms with E-state index in [0.29, 0.717) is 17.0 Å². The van der Waals surface area contributed by atoms with E-state index in [1.54, 1.807) is 20.8 Å². The minimum absolute atomic E-state index is 0.0151. The second kappa shape index (κ2) is 8.15. The van der Waals surface area contributed by atoms with E-state index in [1.807, 2.05) is 6.07 Å². The third-order valence-electron chi connectivity index (χ3n) is 3.90. The molecular formula is C20H17N2O5-. The largest absolute Gasteiger partial charge is 0.545 e. The number of aromatic amines is 1. The molecular weight excluding hydrogens is 348 g/mol. The molecule has 0 fully saturated rings. The Hall–Kier alpha value is -3.66. The summed E-state index contributed by atoms with van der Waals surface area (Å²) in [6, 6.07) is 7.38. The number of H-pyrrole nitrogens is 1. The van der Waals surface area contributed by atoms with Crippen LogP contribution in [0.3, 0.4) is 0 Å². The molecule has 1 N–H and O–H groups in total. The molecule has 0 aliphatic carbocycles. The van der Waals surface area contributed by atoms with Crippen molar-refractivity contribution in [2.24, 2.45) is 0 Å². The molecule has 0 aliphatic heterocycles. The van der Waals surface area contributed by atoms with E-state index in [9.17, 15) is 24.8 Å². The van der Waals surface area contributed by atoms with E-state index < -0.39 is 17.7 Å². The third-order valence-corrected chi connectivity index (χ3v) is 3.90. The molecule has 0 atom stereocenters. The number of aryl methyl sites for hydroxylation is 2. The van der Waals surface area contributed by atoms with Crippen LogP contribution in [0.25, 0.3) is 6.08 Å². The van der Waals surface area contributed by atoms with Crippen LogP contribution in [-0.2, 0) is 4.74 Å². The highest BCUT2D eigenvalue weighted by Gasteiger charge is 2.27. The van der Waals surface area contributed by atoms with Gasteiger partial charge in [0, 0.05) is 11.4 Å². The summed E-state index contributed by atoms with van der Waals surface area (Å²) < 4.78 is 5.01. The number of nitrogens with one attached hydrogen (secondary N) is 1. The van der Waals surface area contributed by atoms with Crippen molar-refractivity contribution in [3.05, 3.63) is 63.5 Å². The summed E-state index contributed by atoms with van der Waals surface area (Å²) in [4.78, 5) is 38.8. The van der Waals surface area contributed by atoms with Crippen LogP contribution in [0.1, 0.15) is 54.9 Å². The number of rotatable bonds is 6. The van der Waals surface area contributed by atoms with Crippen LogP contribution >= 0.6 is 0 Å². The predicted octanol–water partition coefficient (Wildman–Crippen LogP) is 1.96. The number of nitriles is 1. The zero-order valence-corrected chi connectivity index (χ0v) is 15.1. The van der Waals surface area contributed by atoms with Crippen LogP contribution in [0.4, 0.5) is 0 Å². The summed E-state index contributed by atoms with van der Waals surface area (Å²) in [6.45, 7) is 5.09. The number of carboxylic acids is 1. The Kier molecular flexibility index (Phi) is 5.93. The molecule has 0 radical (unpaired) electrons. The Morgan fingerprint density at radius 1 is 1.15 bits per heavy atom. The fourth-order valence-electron chi connectivity index (χ4n) is 2.69. The number of hydrogen-bond donors (Lipinski definition) is 1. The van der Waals surface area contributed by atoms with E-state index in [4.69, 9.17) is 4.74 Å². The Morgan fingerprint density at radius 3 is 2.26 bits per heavy atom. The van der Waals surface area contributed by atoms with Gasteiger partial charge in [-0.05, 0) is 38.0 Å². The summed E-state index contributed by atoms with van der Waals surface area (Å²) in [5, 5.41) is 20.2. The predicted molar refractivity (Wildman–Crippen MR) is 94.9 cm³/mol. The smallest absolute Gasteiger partial charge is 0.340 e. The number of ether oxygens (including phenoxy) is 1. The van der Waals surface area contributed by atoms with Gasteiger partial charge in [0.05, 0.1) is 23.7 Å². The first kappa shape index (κ1) is 19.7. The number of benzene rings is 1. The highest BCUT2D eigenvalue weighted by atomic mass is 16.5. The molecule has 0 saturated carbocycles. The van der Waals surface area contributed by atoms with Crippen molar-refractivity contribution in [3.8, 4) is 6.07 Å². The number of aromatic carboxylic acids is 1. The van der Waals surface area contributed by atoms with Gasteiger partial charge in [0.2, 0.25) is 5.78 Å². The van der Waals surface area contributed by atoms with E-state index >= 15 is 0 Å². The number of carboxylic acid groups (broad SMARTS) is 1. The highest BCUT2D eigenvalue weighted by molar-refractivity contribution is 6.19. The molecule has 0 bridgehead atoms. The molecule has 1 heterocycles. The van der Waals surface area contributed by atoms with Gasteiger partial charge in [-0.15, -0.1) is 0 Å². The zero-order valence-electron chi connectivity index (χ0n) is 15.1. The Labute approximate surface area is 155 Å². The lowest BCUT2D eigenvalue weighted by molar-refractivity contribution is -0.255. The molecule has 7 heteroatoms. The maximum Gasteiger partial charge on any atom is 0.340 e. The number of nitrogens with zero attached hydrogens (tertiary/aromatic N) is 1. The van der Waals surface area contributed by atoms with Crippen molar-refractivity contribution < 1.29 is 24.2 Å². The van der Waals surface area contributed by atoms with Crippen LogP contribution in [-0.4, -0.2) is 29.3 Å². The van der Waals surface area contributed by atoms with Crippen LogP contribution < -0.4 is 5.11 Å². The molecule has 138 valence electrons. The number of aromatic nitrogens is 1. The molecule has 0 unspecified atom stereocenters. The first-order chi connectivity index (χ1) is 12.8. The van der Waals surface area contributed by atoms with E-state index in [-0.39, 0.29) is 28.9 Å². The minimum atomic E-state index is -1.32. The number of Topliss-reactive ketones (excluding diaryl/α,β-unsaturated/α-hetero) is 1. The maximum atomic E-state index is 12.9. The lowest BCUT2D eigenvalue weighted by atomic mass is 9.97. The molecule has 1 aromatic heterocycles. The van der Waals surface area contributed by atoms with Crippen molar-refractivity contribution in [1.29, 1.82) is 5.26 Å². The maximum absolute atomic E-state index is 12.9. The van der Waals surface area contributed by atoms with Gasteiger partial charge in [0.1, 0.15) is 11.6 Å².